The van der Waals surface area contributed by atoms with Gasteiger partial charge in [-0.05, 0) is 42.3 Å². The minimum absolute atomic E-state index is 0.123. The fourth-order valence-corrected chi connectivity index (χ4v) is 4.87. The Morgan fingerprint density at radius 3 is 2.68 bits per heavy atom. The Hall–Kier alpha value is -2.08. The van der Waals surface area contributed by atoms with Crippen LogP contribution in [-0.4, -0.2) is 31.1 Å². The van der Waals surface area contributed by atoms with Gasteiger partial charge in [0.15, 0.2) is 0 Å². The number of hydrogen-bond acceptors (Lipinski definition) is 3. The molecule has 1 spiro atoms. The van der Waals surface area contributed by atoms with E-state index in [2.05, 4.69) is 10.6 Å². The second-order valence-electron chi connectivity index (χ2n) is 7.07. The molecular formula is C21H20Cl2N2O3. The molecule has 2 N–H and O–H groups in total. The Kier molecular flexibility index (Phi) is 5.08. The molecule has 5 nitrogen and oxygen atoms in total. The molecule has 0 saturated carbocycles. The highest BCUT2D eigenvalue weighted by Gasteiger charge is 2.59. The number of hydrogen-bond donors (Lipinski definition) is 2. The van der Waals surface area contributed by atoms with Crippen molar-refractivity contribution in [2.75, 3.05) is 18.5 Å². The van der Waals surface area contributed by atoms with Gasteiger partial charge in [-0.15, -0.1) is 0 Å². The molecule has 2 aliphatic heterocycles. The van der Waals surface area contributed by atoms with Crippen LogP contribution in [0.25, 0.3) is 0 Å². The Morgan fingerprint density at radius 2 is 1.93 bits per heavy atom. The number of fused-ring (bicyclic) bond motifs is 2. The van der Waals surface area contributed by atoms with Gasteiger partial charge in [-0.2, -0.15) is 0 Å². The van der Waals surface area contributed by atoms with Gasteiger partial charge in [0.2, 0.25) is 11.8 Å². The zero-order chi connectivity index (χ0) is 19.9. The Morgan fingerprint density at radius 1 is 1.14 bits per heavy atom. The van der Waals surface area contributed by atoms with E-state index >= 15 is 0 Å². The molecule has 3 atom stereocenters. The van der Waals surface area contributed by atoms with Gasteiger partial charge in [-0.1, -0.05) is 41.4 Å². The maximum atomic E-state index is 13.5. The Balaban J connectivity index is 1.99. The minimum atomic E-state index is -1.07. The summed E-state index contributed by atoms with van der Waals surface area (Å²) in [4.78, 5) is 26.1. The predicted octanol–water partition coefficient (Wildman–Crippen LogP) is 3.89. The van der Waals surface area contributed by atoms with Gasteiger partial charge in [-0.25, -0.2) is 0 Å². The topological polar surface area (TPSA) is 67.4 Å². The Labute approximate surface area is 173 Å². The average Bonchev–Trinajstić information content (AvgIpc) is 2.85. The maximum Gasteiger partial charge on any atom is 0.238 e. The van der Waals surface area contributed by atoms with Crippen LogP contribution in [0, 0.1) is 0 Å². The molecule has 0 radical (unpaired) electrons. The monoisotopic (exact) mass is 418 g/mol. The van der Waals surface area contributed by atoms with E-state index in [9.17, 15) is 9.59 Å². The summed E-state index contributed by atoms with van der Waals surface area (Å²) in [7, 11) is 0. The normalized spacial score (nSPS) is 26.5. The van der Waals surface area contributed by atoms with E-state index in [0.717, 1.165) is 11.1 Å². The van der Waals surface area contributed by atoms with Crippen LogP contribution in [0.3, 0.4) is 0 Å². The van der Waals surface area contributed by atoms with Crippen LogP contribution in [0.5, 0.6) is 0 Å². The van der Waals surface area contributed by atoms with Crippen LogP contribution in [0.4, 0.5) is 5.69 Å². The van der Waals surface area contributed by atoms with Gasteiger partial charge >= 0.3 is 0 Å². The van der Waals surface area contributed by atoms with Crippen molar-refractivity contribution in [2.24, 2.45) is 0 Å². The van der Waals surface area contributed by atoms with Crippen molar-refractivity contribution in [3.8, 4) is 0 Å². The van der Waals surface area contributed by atoms with E-state index in [1.807, 2.05) is 31.2 Å². The van der Waals surface area contributed by atoms with Crippen LogP contribution in [0.15, 0.2) is 42.5 Å². The largest absolute Gasteiger partial charge is 0.375 e. The lowest BCUT2D eigenvalue weighted by atomic mass is 9.64. The lowest BCUT2D eigenvalue weighted by molar-refractivity contribution is -0.128. The number of ether oxygens (including phenoxy) is 1. The third-order valence-electron chi connectivity index (χ3n) is 5.60. The summed E-state index contributed by atoms with van der Waals surface area (Å²) >= 11 is 12.4. The molecule has 146 valence electrons. The highest BCUT2D eigenvalue weighted by molar-refractivity contribution is 6.31. The summed E-state index contributed by atoms with van der Waals surface area (Å²) < 4.78 is 6.05. The highest BCUT2D eigenvalue weighted by Crippen LogP contribution is 2.53. The van der Waals surface area contributed by atoms with Gasteiger partial charge in [0.25, 0.3) is 0 Å². The van der Waals surface area contributed by atoms with Crippen molar-refractivity contribution >= 4 is 40.7 Å². The molecular weight excluding hydrogens is 399 g/mol. The van der Waals surface area contributed by atoms with E-state index in [4.69, 9.17) is 27.9 Å². The number of amides is 2. The first-order chi connectivity index (χ1) is 13.5. The third kappa shape index (κ3) is 2.98. The van der Waals surface area contributed by atoms with E-state index in [-0.39, 0.29) is 24.8 Å². The fourth-order valence-electron chi connectivity index (χ4n) is 4.50. The average molecular weight is 419 g/mol. The second-order valence-corrected chi connectivity index (χ2v) is 7.95. The van der Waals surface area contributed by atoms with E-state index in [1.165, 1.54) is 0 Å². The Bertz CT molecular complexity index is 949. The molecule has 1 saturated heterocycles. The summed E-state index contributed by atoms with van der Waals surface area (Å²) in [5.41, 5.74) is 1.21. The highest BCUT2D eigenvalue weighted by atomic mass is 35.5. The quantitative estimate of drug-likeness (QED) is 0.793. The van der Waals surface area contributed by atoms with Gasteiger partial charge in [0.05, 0.1) is 6.10 Å². The molecule has 1 fully saturated rings. The van der Waals surface area contributed by atoms with Crippen molar-refractivity contribution < 1.29 is 14.3 Å². The molecule has 2 aliphatic rings. The van der Waals surface area contributed by atoms with E-state index in [1.54, 1.807) is 18.2 Å². The summed E-state index contributed by atoms with van der Waals surface area (Å²) in [5, 5.41) is 6.96. The number of carbonyl (C=O) groups excluding carboxylic acids is 2. The molecule has 7 heteroatoms. The lowest BCUT2D eigenvalue weighted by Crippen LogP contribution is -2.53. The number of carbonyl (C=O) groups is 2. The second kappa shape index (κ2) is 7.39. The van der Waals surface area contributed by atoms with E-state index < -0.39 is 17.4 Å². The van der Waals surface area contributed by atoms with Crippen LogP contribution in [0.1, 0.15) is 30.4 Å². The first-order valence-electron chi connectivity index (χ1n) is 9.22. The zero-order valence-corrected chi connectivity index (χ0v) is 16.8. The van der Waals surface area contributed by atoms with E-state index in [0.29, 0.717) is 22.3 Å². The van der Waals surface area contributed by atoms with Crippen LogP contribution >= 0.6 is 23.2 Å². The number of anilines is 1. The first kappa shape index (κ1) is 19.2. The van der Waals surface area contributed by atoms with Crippen molar-refractivity contribution in [2.45, 2.75) is 30.8 Å². The molecule has 2 aromatic carbocycles. The molecule has 2 heterocycles. The fraction of sp³-hybridized carbons (Fsp3) is 0.333. The molecule has 0 aromatic heterocycles. The molecule has 28 heavy (non-hydrogen) atoms. The third-order valence-corrected chi connectivity index (χ3v) is 6.07. The van der Waals surface area contributed by atoms with Gasteiger partial charge in [0, 0.05) is 41.2 Å². The van der Waals surface area contributed by atoms with Gasteiger partial charge in [-0.3, -0.25) is 9.59 Å². The number of rotatable bonds is 3. The van der Waals surface area contributed by atoms with Crippen molar-refractivity contribution in [1.29, 1.82) is 0 Å². The summed E-state index contributed by atoms with van der Waals surface area (Å²) in [6.07, 6.45) is -0.380. The van der Waals surface area contributed by atoms with Crippen LogP contribution in [0.2, 0.25) is 10.0 Å². The van der Waals surface area contributed by atoms with Crippen molar-refractivity contribution in [1.82, 2.24) is 5.32 Å². The van der Waals surface area contributed by atoms with Gasteiger partial charge < -0.3 is 15.4 Å². The lowest BCUT2D eigenvalue weighted by Gasteiger charge is -2.40. The van der Waals surface area contributed by atoms with Crippen molar-refractivity contribution in [3.63, 3.8) is 0 Å². The number of halogens is 2. The summed E-state index contributed by atoms with van der Waals surface area (Å²) in [6.45, 7) is 2.55. The van der Waals surface area contributed by atoms with Crippen LogP contribution < -0.4 is 10.6 Å². The maximum absolute atomic E-state index is 13.5. The first-order valence-corrected chi connectivity index (χ1v) is 9.97. The smallest absolute Gasteiger partial charge is 0.238 e. The zero-order valence-electron chi connectivity index (χ0n) is 15.3. The SMILES string of the molecule is CCO[C@@H]1CNC(=O)C[C@H](c2cccc(Cl)c2)[C@@]12C(=O)Nc1cc(Cl)ccc12. The van der Waals surface area contributed by atoms with Crippen LogP contribution in [-0.2, 0) is 19.7 Å². The minimum Gasteiger partial charge on any atom is -0.375 e. The predicted molar refractivity (Wildman–Crippen MR) is 109 cm³/mol. The molecule has 2 aromatic rings. The molecule has 4 rings (SSSR count). The molecule has 2 amide bonds. The molecule has 0 aliphatic carbocycles. The van der Waals surface area contributed by atoms with Crippen molar-refractivity contribution in [3.05, 3.63) is 63.6 Å². The standard InChI is InChI=1S/C21H20Cl2N2O3/c1-2-28-18-11-24-19(26)10-16(12-4-3-5-13(22)8-12)21(18)15-7-6-14(23)9-17(15)25-20(21)27/h3-9,16,18H,2,10-11H2,1H3,(H,24,26)(H,25,27)/t16-,18-,21-/m1/s1. The summed E-state index contributed by atoms with van der Waals surface area (Å²) in [6, 6.07) is 12.7. The number of benzene rings is 2. The molecule has 0 unspecified atom stereocenters. The van der Waals surface area contributed by atoms with Gasteiger partial charge in [0.1, 0.15) is 5.41 Å². The molecule has 0 bridgehead atoms. The summed E-state index contributed by atoms with van der Waals surface area (Å²) in [5.74, 6) is -0.751. The number of nitrogens with one attached hydrogen (secondary N) is 2.